The maximum atomic E-state index is 11.1. The monoisotopic (exact) mass is 228 g/mol. The van der Waals surface area contributed by atoms with Gasteiger partial charge in [0.05, 0.1) is 10.0 Å². The molecule has 0 saturated heterocycles. The first-order chi connectivity index (χ1) is 6.61. The number of hydrogen-bond acceptors (Lipinski definition) is 1. The number of hydrogen-bond donors (Lipinski definition) is 0. The number of carbonyl (C=O) groups excluding carboxylic acids is 1. The van der Waals surface area contributed by atoms with Crippen molar-refractivity contribution >= 4 is 29.0 Å². The molecular formula is C11H10Cl2O. The van der Waals surface area contributed by atoms with E-state index < -0.39 is 0 Å². The molecule has 74 valence electrons. The third kappa shape index (κ3) is 1.67. The van der Waals surface area contributed by atoms with Gasteiger partial charge in [-0.15, -0.1) is 0 Å². The second-order valence-corrected chi connectivity index (χ2v) is 4.49. The van der Waals surface area contributed by atoms with E-state index in [-0.39, 0.29) is 11.7 Å². The number of benzene rings is 1. The molecule has 2 rings (SSSR count). The van der Waals surface area contributed by atoms with Crippen molar-refractivity contribution in [1.29, 1.82) is 0 Å². The number of ketones is 1. The third-order valence-corrected chi connectivity index (χ3v) is 3.53. The zero-order chi connectivity index (χ0) is 10.3. The molecular weight excluding hydrogens is 219 g/mol. The summed E-state index contributed by atoms with van der Waals surface area (Å²) in [5.41, 5.74) is 1.01. The molecule has 0 aromatic heterocycles. The first-order valence-corrected chi connectivity index (χ1v) is 5.31. The summed E-state index contributed by atoms with van der Waals surface area (Å²) < 4.78 is 0. The maximum absolute atomic E-state index is 11.1. The summed E-state index contributed by atoms with van der Waals surface area (Å²) in [6.07, 6.45) is 0.912. The van der Waals surface area contributed by atoms with Crippen LogP contribution in [0.1, 0.15) is 24.8 Å². The van der Waals surface area contributed by atoms with Crippen molar-refractivity contribution in [3.05, 3.63) is 33.8 Å². The molecule has 0 N–H and O–H groups in total. The Morgan fingerprint density at radius 2 is 2.14 bits per heavy atom. The molecule has 1 aliphatic rings. The normalized spacial score (nSPS) is 24.8. The number of halogens is 2. The first kappa shape index (κ1) is 10.0. The van der Waals surface area contributed by atoms with Crippen molar-refractivity contribution in [3.8, 4) is 0 Å². The fraction of sp³-hybridized carbons (Fsp3) is 0.364. The van der Waals surface area contributed by atoms with Crippen LogP contribution >= 0.6 is 23.2 Å². The van der Waals surface area contributed by atoms with E-state index in [9.17, 15) is 4.79 Å². The molecule has 14 heavy (non-hydrogen) atoms. The summed E-state index contributed by atoms with van der Waals surface area (Å²) in [6, 6.07) is 5.58. The van der Waals surface area contributed by atoms with Gasteiger partial charge in [-0.1, -0.05) is 35.3 Å². The molecule has 1 aliphatic carbocycles. The molecule has 1 aromatic carbocycles. The van der Waals surface area contributed by atoms with Gasteiger partial charge in [0.1, 0.15) is 5.78 Å². The van der Waals surface area contributed by atoms with Gasteiger partial charge in [0.2, 0.25) is 0 Å². The van der Waals surface area contributed by atoms with Crippen LogP contribution < -0.4 is 0 Å². The summed E-state index contributed by atoms with van der Waals surface area (Å²) in [5.74, 6) is 0.690. The Bertz CT molecular complexity index is 387. The van der Waals surface area contributed by atoms with Crippen molar-refractivity contribution < 1.29 is 4.79 Å². The second kappa shape index (κ2) is 3.56. The average Bonchev–Trinajstić information content (AvgIpc) is 2.89. The summed E-state index contributed by atoms with van der Waals surface area (Å²) in [5, 5.41) is 1.17. The van der Waals surface area contributed by atoms with E-state index in [1.807, 2.05) is 12.1 Å². The minimum atomic E-state index is 0.158. The lowest BCUT2D eigenvalue weighted by Gasteiger charge is -2.03. The Kier molecular flexibility index (Phi) is 2.54. The first-order valence-electron chi connectivity index (χ1n) is 4.55. The Balaban J connectivity index is 2.27. The minimum Gasteiger partial charge on any atom is -0.300 e. The quantitative estimate of drug-likeness (QED) is 0.755. The van der Waals surface area contributed by atoms with Crippen molar-refractivity contribution in [3.63, 3.8) is 0 Å². The highest BCUT2D eigenvalue weighted by molar-refractivity contribution is 6.42. The molecule has 0 amide bonds. The molecule has 0 bridgehead atoms. The molecule has 1 fully saturated rings. The predicted octanol–water partition coefficient (Wildman–Crippen LogP) is 3.69. The van der Waals surface area contributed by atoms with E-state index in [0.29, 0.717) is 16.0 Å². The molecule has 0 heterocycles. The van der Waals surface area contributed by atoms with E-state index in [4.69, 9.17) is 23.2 Å². The Morgan fingerprint density at radius 1 is 1.43 bits per heavy atom. The van der Waals surface area contributed by atoms with Crippen LogP contribution in [0.4, 0.5) is 0 Å². The Labute approximate surface area is 93.0 Å². The molecule has 1 nitrogen and oxygen atoms in total. The molecule has 1 saturated carbocycles. The summed E-state index contributed by atoms with van der Waals surface area (Å²) >= 11 is 12.0. The van der Waals surface area contributed by atoms with Gasteiger partial charge in [0.15, 0.2) is 0 Å². The second-order valence-electron chi connectivity index (χ2n) is 3.70. The topological polar surface area (TPSA) is 17.1 Å². The van der Waals surface area contributed by atoms with Gasteiger partial charge < -0.3 is 0 Å². The van der Waals surface area contributed by atoms with Gasteiger partial charge in [-0.05, 0) is 30.9 Å². The highest BCUT2D eigenvalue weighted by Crippen LogP contribution is 2.50. The molecule has 2 atom stereocenters. The smallest absolute Gasteiger partial charge is 0.133 e. The van der Waals surface area contributed by atoms with Gasteiger partial charge in [-0.25, -0.2) is 0 Å². The van der Waals surface area contributed by atoms with Crippen molar-refractivity contribution in [1.82, 2.24) is 0 Å². The number of carbonyl (C=O) groups is 1. The maximum Gasteiger partial charge on any atom is 0.133 e. The van der Waals surface area contributed by atoms with E-state index in [0.717, 1.165) is 12.0 Å². The average molecular weight is 229 g/mol. The molecule has 1 aromatic rings. The minimum absolute atomic E-state index is 0.158. The number of rotatable bonds is 2. The van der Waals surface area contributed by atoms with Crippen molar-refractivity contribution in [2.75, 3.05) is 0 Å². The summed E-state index contributed by atoms with van der Waals surface area (Å²) in [6.45, 7) is 1.63. The largest absolute Gasteiger partial charge is 0.300 e. The van der Waals surface area contributed by atoms with Crippen LogP contribution in [0.3, 0.4) is 0 Å². The lowest BCUT2D eigenvalue weighted by Crippen LogP contribution is -1.95. The number of Topliss-reactive ketones (excluding diaryl/α,β-unsaturated/α-hetero) is 1. The standard InChI is InChI=1S/C11H10Cl2O/c1-6(14)8-5-9(8)7-3-2-4-10(12)11(7)13/h2-4,8-9H,5H2,1H3/t8-,9+/m1/s1. The van der Waals surface area contributed by atoms with Crippen LogP contribution in [0.25, 0.3) is 0 Å². The zero-order valence-corrected chi connectivity index (χ0v) is 9.27. The van der Waals surface area contributed by atoms with Crippen molar-refractivity contribution in [2.24, 2.45) is 5.92 Å². The highest BCUT2D eigenvalue weighted by Gasteiger charge is 2.42. The van der Waals surface area contributed by atoms with E-state index in [1.54, 1.807) is 13.0 Å². The van der Waals surface area contributed by atoms with Gasteiger partial charge >= 0.3 is 0 Å². The zero-order valence-electron chi connectivity index (χ0n) is 7.76. The van der Waals surface area contributed by atoms with Gasteiger partial charge in [-0.3, -0.25) is 4.79 Å². The molecule has 0 spiro atoms. The molecule has 3 heteroatoms. The van der Waals surface area contributed by atoms with Crippen LogP contribution in [-0.4, -0.2) is 5.78 Å². The SMILES string of the molecule is CC(=O)[C@H]1C[C@H]1c1cccc(Cl)c1Cl. The van der Waals surface area contributed by atoms with Crippen LogP contribution in [0, 0.1) is 5.92 Å². The van der Waals surface area contributed by atoms with E-state index in [1.165, 1.54) is 0 Å². The van der Waals surface area contributed by atoms with Crippen molar-refractivity contribution in [2.45, 2.75) is 19.3 Å². The molecule has 0 radical (unpaired) electrons. The predicted molar refractivity (Wildman–Crippen MR) is 58.0 cm³/mol. The van der Waals surface area contributed by atoms with Crippen LogP contribution in [0.15, 0.2) is 18.2 Å². The summed E-state index contributed by atoms with van der Waals surface area (Å²) in [7, 11) is 0. The third-order valence-electron chi connectivity index (χ3n) is 2.69. The Hall–Kier alpha value is -0.530. The van der Waals surface area contributed by atoms with Crippen LogP contribution in [0.5, 0.6) is 0 Å². The van der Waals surface area contributed by atoms with Gasteiger partial charge in [0, 0.05) is 5.92 Å². The fourth-order valence-electron chi connectivity index (χ4n) is 1.79. The van der Waals surface area contributed by atoms with E-state index in [2.05, 4.69) is 0 Å². The van der Waals surface area contributed by atoms with Gasteiger partial charge in [0.25, 0.3) is 0 Å². The van der Waals surface area contributed by atoms with Gasteiger partial charge in [-0.2, -0.15) is 0 Å². The highest BCUT2D eigenvalue weighted by atomic mass is 35.5. The lowest BCUT2D eigenvalue weighted by molar-refractivity contribution is -0.118. The molecule has 0 unspecified atom stereocenters. The lowest BCUT2D eigenvalue weighted by atomic mass is 10.1. The fourth-order valence-corrected chi connectivity index (χ4v) is 2.24. The Morgan fingerprint density at radius 3 is 2.71 bits per heavy atom. The van der Waals surface area contributed by atoms with Crippen LogP contribution in [0.2, 0.25) is 10.0 Å². The summed E-state index contributed by atoms with van der Waals surface area (Å²) in [4.78, 5) is 11.1. The molecule has 0 aliphatic heterocycles. The van der Waals surface area contributed by atoms with Crippen LogP contribution in [-0.2, 0) is 4.79 Å². The van der Waals surface area contributed by atoms with E-state index >= 15 is 0 Å².